The minimum Gasteiger partial charge on any atom is -0.465 e. The topological polar surface area (TPSA) is 81.8 Å². The number of esters is 1. The van der Waals surface area contributed by atoms with Crippen LogP contribution in [0.4, 0.5) is 15.8 Å². The fraction of sp³-hybridized carbons (Fsp3) is 0.0667. The summed E-state index contributed by atoms with van der Waals surface area (Å²) in [5.41, 5.74) is 0.716. The number of aliphatic imine (C=N–C) groups is 1. The maximum atomic E-state index is 13.2. The third-order valence-corrected chi connectivity index (χ3v) is 2.82. The van der Waals surface area contributed by atoms with Crippen molar-refractivity contribution in [3.8, 4) is 0 Å². The van der Waals surface area contributed by atoms with Crippen LogP contribution in [0.3, 0.4) is 0 Å². The zero-order valence-electron chi connectivity index (χ0n) is 11.5. The summed E-state index contributed by atoms with van der Waals surface area (Å²) in [6, 6.07) is 9.79. The number of methoxy groups -OCH3 is 1. The van der Waals surface area contributed by atoms with Crippen molar-refractivity contribution in [2.24, 2.45) is 4.99 Å². The second kappa shape index (κ2) is 6.57. The first kappa shape index (κ1) is 15.3. The molecule has 0 bridgehead atoms. The maximum absolute atomic E-state index is 13.2. The van der Waals surface area contributed by atoms with E-state index in [0.717, 1.165) is 12.1 Å². The monoisotopic (exact) mass is 302 g/mol. The van der Waals surface area contributed by atoms with Gasteiger partial charge in [-0.2, -0.15) is 4.39 Å². The van der Waals surface area contributed by atoms with Crippen molar-refractivity contribution in [1.29, 1.82) is 0 Å². The Labute approximate surface area is 125 Å². The van der Waals surface area contributed by atoms with Gasteiger partial charge in [0.1, 0.15) is 0 Å². The van der Waals surface area contributed by atoms with Crippen molar-refractivity contribution < 1.29 is 18.8 Å². The Bertz CT molecular complexity index is 742. The summed E-state index contributed by atoms with van der Waals surface area (Å²) in [7, 11) is 1.29. The molecule has 0 aliphatic heterocycles. The van der Waals surface area contributed by atoms with Crippen LogP contribution < -0.4 is 0 Å². The van der Waals surface area contributed by atoms with Gasteiger partial charge in [0, 0.05) is 12.3 Å². The Morgan fingerprint density at radius 2 is 1.95 bits per heavy atom. The van der Waals surface area contributed by atoms with Gasteiger partial charge in [-0.3, -0.25) is 15.1 Å². The number of hydrogen-bond donors (Lipinski definition) is 0. The second-order valence-electron chi connectivity index (χ2n) is 4.26. The SMILES string of the molecule is COC(=O)c1ccc(N=Cc2ccc(F)c([N+](=O)[O-])c2)cc1. The quantitative estimate of drug-likeness (QED) is 0.375. The molecule has 22 heavy (non-hydrogen) atoms. The number of halogens is 1. The average Bonchev–Trinajstić information content (AvgIpc) is 2.53. The number of nitrogens with zero attached hydrogens (tertiary/aromatic N) is 2. The van der Waals surface area contributed by atoms with E-state index in [1.54, 1.807) is 24.3 Å². The van der Waals surface area contributed by atoms with Gasteiger partial charge in [-0.1, -0.05) is 6.07 Å². The zero-order valence-corrected chi connectivity index (χ0v) is 11.5. The van der Waals surface area contributed by atoms with E-state index >= 15 is 0 Å². The van der Waals surface area contributed by atoms with Gasteiger partial charge >= 0.3 is 11.7 Å². The van der Waals surface area contributed by atoms with Crippen LogP contribution in [-0.4, -0.2) is 24.2 Å². The van der Waals surface area contributed by atoms with Crippen molar-refractivity contribution in [1.82, 2.24) is 0 Å². The highest BCUT2D eigenvalue weighted by molar-refractivity contribution is 5.90. The van der Waals surface area contributed by atoms with Crippen LogP contribution >= 0.6 is 0 Å². The molecular weight excluding hydrogens is 291 g/mol. The van der Waals surface area contributed by atoms with Crippen LogP contribution in [0.1, 0.15) is 15.9 Å². The molecule has 0 saturated heterocycles. The van der Waals surface area contributed by atoms with Crippen LogP contribution in [0.25, 0.3) is 0 Å². The van der Waals surface area contributed by atoms with Crippen LogP contribution in [0.15, 0.2) is 47.5 Å². The lowest BCUT2D eigenvalue weighted by atomic mass is 10.2. The molecule has 0 spiro atoms. The molecular formula is C15H11FN2O4. The lowest BCUT2D eigenvalue weighted by Crippen LogP contribution is -1.99. The van der Waals surface area contributed by atoms with Gasteiger partial charge in [-0.15, -0.1) is 0 Å². The standard InChI is InChI=1S/C15H11FN2O4/c1-22-15(19)11-3-5-12(6-4-11)17-9-10-2-7-13(16)14(8-10)18(20)21/h2-9H,1H3. The summed E-state index contributed by atoms with van der Waals surface area (Å²) in [5, 5.41) is 10.7. The van der Waals surface area contributed by atoms with Gasteiger partial charge in [0.2, 0.25) is 5.82 Å². The first-order valence-electron chi connectivity index (χ1n) is 6.17. The van der Waals surface area contributed by atoms with E-state index in [4.69, 9.17) is 0 Å². The first-order chi connectivity index (χ1) is 10.5. The molecule has 2 aromatic carbocycles. The highest BCUT2D eigenvalue weighted by Crippen LogP contribution is 2.19. The normalized spacial score (nSPS) is 10.6. The van der Waals surface area contributed by atoms with Gasteiger partial charge in [-0.05, 0) is 35.9 Å². The average molecular weight is 302 g/mol. The van der Waals surface area contributed by atoms with Crippen molar-refractivity contribution in [3.05, 3.63) is 69.5 Å². The molecule has 0 amide bonds. The molecule has 7 heteroatoms. The number of nitro groups is 1. The Morgan fingerprint density at radius 3 is 2.55 bits per heavy atom. The van der Waals surface area contributed by atoms with Gasteiger partial charge in [0.15, 0.2) is 0 Å². The van der Waals surface area contributed by atoms with Crippen molar-refractivity contribution in [3.63, 3.8) is 0 Å². The fourth-order valence-electron chi connectivity index (χ4n) is 1.70. The fourth-order valence-corrected chi connectivity index (χ4v) is 1.70. The molecule has 0 radical (unpaired) electrons. The molecule has 2 aromatic rings. The van der Waals surface area contributed by atoms with Crippen molar-refractivity contribution in [2.45, 2.75) is 0 Å². The van der Waals surface area contributed by atoms with Crippen LogP contribution in [0.5, 0.6) is 0 Å². The predicted octanol–water partition coefficient (Wildman–Crippen LogP) is 3.27. The Balaban J connectivity index is 2.20. The molecule has 112 valence electrons. The summed E-state index contributed by atoms with van der Waals surface area (Å²) < 4.78 is 17.8. The number of ether oxygens (including phenoxy) is 1. The highest BCUT2D eigenvalue weighted by Gasteiger charge is 2.13. The number of carbonyl (C=O) groups excluding carboxylic acids is 1. The van der Waals surface area contributed by atoms with Gasteiger partial charge in [0.05, 0.1) is 23.3 Å². The maximum Gasteiger partial charge on any atom is 0.337 e. The zero-order chi connectivity index (χ0) is 16.1. The number of benzene rings is 2. The molecule has 0 heterocycles. The number of rotatable bonds is 4. The Kier molecular flexibility index (Phi) is 4.57. The molecule has 0 fully saturated rings. The molecule has 2 rings (SSSR count). The molecule has 0 atom stereocenters. The molecule has 0 aromatic heterocycles. The van der Waals surface area contributed by atoms with E-state index in [2.05, 4.69) is 9.73 Å². The van der Waals surface area contributed by atoms with E-state index in [1.165, 1.54) is 19.4 Å². The number of nitro benzene ring substituents is 1. The number of hydrogen-bond acceptors (Lipinski definition) is 5. The third-order valence-electron chi connectivity index (χ3n) is 2.82. The van der Waals surface area contributed by atoms with E-state index in [1.807, 2.05) is 0 Å². The minimum atomic E-state index is -0.899. The molecule has 6 nitrogen and oxygen atoms in total. The summed E-state index contributed by atoms with van der Waals surface area (Å²) >= 11 is 0. The largest absolute Gasteiger partial charge is 0.465 e. The van der Waals surface area contributed by atoms with E-state index < -0.39 is 22.4 Å². The molecule has 0 saturated carbocycles. The Hall–Kier alpha value is -3.09. The third kappa shape index (κ3) is 3.51. The summed E-state index contributed by atoms with van der Waals surface area (Å²) in [6.07, 6.45) is 1.37. The lowest BCUT2D eigenvalue weighted by molar-refractivity contribution is -0.387. The first-order valence-corrected chi connectivity index (χ1v) is 6.17. The summed E-state index contributed by atoms with van der Waals surface area (Å²) in [5.74, 6) is -1.35. The van der Waals surface area contributed by atoms with E-state index in [0.29, 0.717) is 16.8 Å². The lowest BCUT2D eigenvalue weighted by Gasteiger charge is -1.99. The second-order valence-corrected chi connectivity index (χ2v) is 4.26. The van der Waals surface area contributed by atoms with Crippen molar-refractivity contribution >= 4 is 23.6 Å². The van der Waals surface area contributed by atoms with Gasteiger partial charge in [-0.25, -0.2) is 4.79 Å². The van der Waals surface area contributed by atoms with E-state index in [9.17, 15) is 19.3 Å². The van der Waals surface area contributed by atoms with Crippen LogP contribution in [0.2, 0.25) is 0 Å². The van der Waals surface area contributed by atoms with Crippen molar-refractivity contribution in [2.75, 3.05) is 7.11 Å². The van der Waals surface area contributed by atoms with Gasteiger partial charge < -0.3 is 4.74 Å². The Morgan fingerprint density at radius 1 is 1.27 bits per heavy atom. The summed E-state index contributed by atoms with van der Waals surface area (Å²) in [6.45, 7) is 0. The molecule has 0 N–H and O–H groups in total. The molecule has 0 unspecified atom stereocenters. The predicted molar refractivity (Wildman–Crippen MR) is 78.1 cm³/mol. The van der Waals surface area contributed by atoms with Crippen LogP contribution in [-0.2, 0) is 4.74 Å². The van der Waals surface area contributed by atoms with Gasteiger partial charge in [0.25, 0.3) is 0 Å². The summed E-state index contributed by atoms with van der Waals surface area (Å²) in [4.78, 5) is 25.2. The molecule has 0 aliphatic rings. The number of carbonyl (C=O) groups is 1. The molecule has 0 aliphatic carbocycles. The minimum absolute atomic E-state index is 0.388. The smallest absolute Gasteiger partial charge is 0.337 e. The highest BCUT2D eigenvalue weighted by atomic mass is 19.1. The van der Waals surface area contributed by atoms with E-state index in [-0.39, 0.29) is 0 Å². The van der Waals surface area contributed by atoms with Crippen LogP contribution in [0, 0.1) is 15.9 Å².